The van der Waals surface area contributed by atoms with Gasteiger partial charge in [-0.1, -0.05) is 84.9 Å². The number of rotatable bonds is 2. The Morgan fingerprint density at radius 3 is 2.15 bits per heavy atom. The number of aryl methyl sites for hydroxylation is 1. The molecule has 0 unspecified atom stereocenters. The van der Waals surface area contributed by atoms with Gasteiger partial charge in [-0.3, -0.25) is 0 Å². The van der Waals surface area contributed by atoms with Gasteiger partial charge in [0.15, 0.2) is 0 Å². The Hall–Kier alpha value is -3.52. The van der Waals surface area contributed by atoms with Crippen LogP contribution in [-0.4, -0.2) is 9.97 Å². The van der Waals surface area contributed by atoms with E-state index in [0.29, 0.717) is 0 Å². The summed E-state index contributed by atoms with van der Waals surface area (Å²) >= 11 is 0. The average molecular weight is 346 g/mol. The zero-order valence-corrected chi connectivity index (χ0v) is 15.1. The van der Waals surface area contributed by atoms with Gasteiger partial charge in [0.2, 0.25) is 0 Å². The fourth-order valence-corrected chi connectivity index (χ4v) is 3.69. The molecule has 0 aliphatic rings. The van der Waals surface area contributed by atoms with Crippen molar-refractivity contribution in [1.29, 1.82) is 0 Å². The molecule has 0 radical (unpaired) electrons. The monoisotopic (exact) mass is 346 g/mol. The van der Waals surface area contributed by atoms with E-state index in [-0.39, 0.29) is 0 Å². The number of aromatic nitrogens is 2. The lowest BCUT2D eigenvalue weighted by molar-refractivity contribution is 1.19. The van der Waals surface area contributed by atoms with Crippen LogP contribution >= 0.6 is 0 Å². The van der Waals surface area contributed by atoms with Gasteiger partial charge in [-0.15, -0.1) is 0 Å². The summed E-state index contributed by atoms with van der Waals surface area (Å²) in [6.45, 7) is 2.05. The van der Waals surface area contributed by atoms with Crippen LogP contribution in [0.4, 0.5) is 0 Å². The summed E-state index contributed by atoms with van der Waals surface area (Å²) in [4.78, 5) is 9.97. The molecule has 128 valence electrons. The van der Waals surface area contributed by atoms with Crippen molar-refractivity contribution in [1.82, 2.24) is 9.97 Å². The Morgan fingerprint density at radius 1 is 0.593 bits per heavy atom. The van der Waals surface area contributed by atoms with Crippen LogP contribution in [0.5, 0.6) is 0 Å². The Kier molecular flexibility index (Phi) is 3.68. The van der Waals surface area contributed by atoms with Crippen molar-refractivity contribution >= 4 is 21.8 Å². The Bertz CT molecular complexity index is 1270. The Labute approximate surface area is 158 Å². The lowest BCUT2D eigenvalue weighted by Gasteiger charge is -2.13. The van der Waals surface area contributed by atoms with Crippen LogP contribution in [0.1, 0.15) is 5.69 Å². The summed E-state index contributed by atoms with van der Waals surface area (Å²) in [5.74, 6) is 0. The standard InChI is InChI=1S/C25H18N2/c1-17-24(22-14-8-7-12-20(22)18-9-3-2-4-10-18)27-23-16-15-19-11-5-6-13-21(19)25(23)26-17/h2-16H,1H3. The lowest BCUT2D eigenvalue weighted by atomic mass is 9.96. The number of benzene rings is 4. The highest BCUT2D eigenvalue weighted by atomic mass is 14.8. The predicted molar refractivity (Wildman–Crippen MR) is 113 cm³/mol. The first kappa shape index (κ1) is 15.7. The molecule has 0 bridgehead atoms. The minimum atomic E-state index is 0.928. The Morgan fingerprint density at radius 2 is 1.30 bits per heavy atom. The summed E-state index contributed by atoms with van der Waals surface area (Å²) in [6, 6.07) is 31.4. The van der Waals surface area contributed by atoms with Crippen LogP contribution in [0.3, 0.4) is 0 Å². The van der Waals surface area contributed by atoms with Gasteiger partial charge < -0.3 is 0 Å². The van der Waals surface area contributed by atoms with Crippen LogP contribution in [0.25, 0.3) is 44.2 Å². The maximum Gasteiger partial charge on any atom is 0.0968 e. The first-order chi connectivity index (χ1) is 13.3. The van der Waals surface area contributed by atoms with Crippen LogP contribution < -0.4 is 0 Å². The minimum absolute atomic E-state index is 0.928. The topological polar surface area (TPSA) is 25.8 Å². The van der Waals surface area contributed by atoms with E-state index in [0.717, 1.165) is 33.4 Å². The van der Waals surface area contributed by atoms with Gasteiger partial charge in [0.05, 0.1) is 22.4 Å². The van der Waals surface area contributed by atoms with Gasteiger partial charge in [0.1, 0.15) is 0 Å². The highest BCUT2D eigenvalue weighted by molar-refractivity contribution is 6.04. The maximum absolute atomic E-state index is 5.02. The van der Waals surface area contributed by atoms with E-state index in [4.69, 9.17) is 9.97 Å². The quantitative estimate of drug-likeness (QED) is 0.344. The highest BCUT2D eigenvalue weighted by Gasteiger charge is 2.13. The summed E-state index contributed by atoms with van der Waals surface area (Å²) in [6.07, 6.45) is 0. The SMILES string of the molecule is Cc1nc2c(ccc3ccccc32)nc1-c1ccccc1-c1ccccc1. The van der Waals surface area contributed by atoms with Gasteiger partial charge in [0, 0.05) is 10.9 Å². The lowest BCUT2D eigenvalue weighted by Crippen LogP contribution is -1.96. The second-order valence-corrected chi connectivity index (χ2v) is 6.72. The van der Waals surface area contributed by atoms with E-state index < -0.39 is 0 Å². The number of fused-ring (bicyclic) bond motifs is 3. The molecule has 2 heteroatoms. The predicted octanol–water partition coefficient (Wildman–Crippen LogP) is 6.43. The van der Waals surface area contributed by atoms with E-state index in [2.05, 4.69) is 84.9 Å². The molecular formula is C25H18N2. The van der Waals surface area contributed by atoms with Gasteiger partial charge in [0.25, 0.3) is 0 Å². The van der Waals surface area contributed by atoms with Crippen molar-refractivity contribution in [3.05, 3.63) is 96.7 Å². The van der Waals surface area contributed by atoms with Gasteiger partial charge >= 0.3 is 0 Å². The molecule has 5 rings (SSSR count). The van der Waals surface area contributed by atoms with Crippen molar-refractivity contribution < 1.29 is 0 Å². The summed E-state index contributed by atoms with van der Waals surface area (Å²) in [5, 5.41) is 2.34. The third-order valence-electron chi connectivity index (χ3n) is 5.00. The van der Waals surface area contributed by atoms with Crippen molar-refractivity contribution in [2.24, 2.45) is 0 Å². The molecular weight excluding hydrogens is 328 g/mol. The third-order valence-corrected chi connectivity index (χ3v) is 5.00. The van der Waals surface area contributed by atoms with Crippen molar-refractivity contribution in [2.75, 3.05) is 0 Å². The molecule has 1 heterocycles. The molecule has 0 atom stereocenters. The molecule has 0 saturated carbocycles. The van der Waals surface area contributed by atoms with E-state index >= 15 is 0 Å². The summed E-state index contributed by atoms with van der Waals surface area (Å²) in [5.41, 5.74) is 7.26. The van der Waals surface area contributed by atoms with Crippen LogP contribution in [0.2, 0.25) is 0 Å². The third kappa shape index (κ3) is 2.67. The van der Waals surface area contributed by atoms with Gasteiger partial charge in [-0.25, -0.2) is 9.97 Å². The van der Waals surface area contributed by atoms with E-state index in [1.165, 1.54) is 16.5 Å². The normalized spacial score (nSPS) is 11.1. The van der Waals surface area contributed by atoms with E-state index in [1.807, 2.05) is 13.0 Å². The zero-order chi connectivity index (χ0) is 18.2. The van der Waals surface area contributed by atoms with Crippen molar-refractivity contribution in [2.45, 2.75) is 6.92 Å². The molecule has 0 amide bonds. The number of hydrogen-bond acceptors (Lipinski definition) is 2. The second-order valence-electron chi connectivity index (χ2n) is 6.72. The van der Waals surface area contributed by atoms with Crippen LogP contribution in [0, 0.1) is 6.92 Å². The molecule has 1 aromatic heterocycles. The average Bonchev–Trinajstić information content (AvgIpc) is 2.74. The molecule has 0 fully saturated rings. The van der Waals surface area contributed by atoms with Crippen LogP contribution in [-0.2, 0) is 0 Å². The highest BCUT2D eigenvalue weighted by Crippen LogP contribution is 2.34. The largest absolute Gasteiger partial charge is 0.249 e. The molecule has 0 N–H and O–H groups in total. The fourth-order valence-electron chi connectivity index (χ4n) is 3.69. The maximum atomic E-state index is 5.02. The van der Waals surface area contributed by atoms with Crippen molar-refractivity contribution in [3.8, 4) is 22.4 Å². The summed E-state index contributed by atoms with van der Waals surface area (Å²) < 4.78 is 0. The molecule has 0 saturated heterocycles. The van der Waals surface area contributed by atoms with Gasteiger partial charge in [-0.2, -0.15) is 0 Å². The van der Waals surface area contributed by atoms with E-state index in [9.17, 15) is 0 Å². The van der Waals surface area contributed by atoms with Crippen LogP contribution in [0.15, 0.2) is 91.0 Å². The smallest absolute Gasteiger partial charge is 0.0968 e. The first-order valence-corrected chi connectivity index (χ1v) is 9.12. The molecule has 27 heavy (non-hydrogen) atoms. The molecule has 2 nitrogen and oxygen atoms in total. The molecule has 5 aromatic rings. The zero-order valence-electron chi connectivity index (χ0n) is 15.1. The molecule has 0 aliphatic heterocycles. The minimum Gasteiger partial charge on any atom is -0.249 e. The Balaban J connectivity index is 1.78. The summed E-state index contributed by atoms with van der Waals surface area (Å²) in [7, 11) is 0. The van der Waals surface area contributed by atoms with Gasteiger partial charge in [-0.05, 0) is 29.5 Å². The molecule has 0 spiro atoms. The number of nitrogens with zero attached hydrogens (tertiary/aromatic N) is 2. The molecule has 4 aromatic carbocycles. The second kappa shape index (κ2) is 6.33. The van der Waals surface area contributed by atoms with Crippen molar-refractivity contribution in [3.63, 3.8) is 0 Å². The van der Waals surface area contributed by atoms with E-state index in [1.54, 1.807) is 0 Å². The fraction of sp³-hybridized carbons (Fsp3) is 0.0400. The molecule has 0 aliphatic carbocycles. The first-order valence-electron chi connectivity index (χ1n) is 9.12. The number of hydrogen-bond donors (Lipinski definition) is 0.